The molecule has 0 unspecified atom stereocenters. The Labute approximate surface area is 187 Å². The van der Waals surface area contributed by atoms with Crippen molar-refractivity contribution in [2.45, 2.75) is 38.6 Å². The lowest BCUT2D eigenvalue weighted by molar-refractivity contribution is -0.131. The Morgan fingerprint density at radius 2 is 1.94 bits per heavy atom. The van der Waals surface area contributed by atoms with Crippen LogP contribution in [0.2, 0.25) is 0 Å². The number of rotatable bonds is 7. The average molecular weight is 436 g/mol. The van der Waals surface area contributed by atoms with Gasteiger partial charge >= 0.3 is 0 Å². The van der Waals surface area contributed by atoms with Crippen molar-refractivity contribution in [3.8, 4) is 0 Å². The Bertz CT molecular complexity index is 1090. The fourth-order valence-electron chi connectivity index (χ4n) is 4.33. The second kappa shape index (κ2) is 9.91. The third-order valence-electron chi connectivity index (χ3n) is 5.91. The number of aryl methyl sites for hydroxylation is 1. The fraction of sp³-hybridized carbons (Fsp3) is 0.417. The highest BCUT2D eigenvalue weighted by Gasteiger charge is 2.28. The van der Waals surface area contributed by atoms with Gasteiger partial charge in [-0.25, -0.2) is 9.50 Å². The highest BCUT2D eigenvalue weighted by Crippen LogP contribution is 2.31. The van der Waals surface area contributed by atoms with Crippen LogP contribution in [-0.2, 0) is 27.3 Å². The normalized spacial score (nSPS) is 14.6. The summed E-state index contributed by atoms with van der Waals surface area (Å²) in [5, 5.41) is 7.55. The molecule has 3 aromatic rings. The van der Waals surface area contributed by atoms with Crippen molar-refractivity contribution in [3.05, 3.63) is 65.1 Å². The van der Waals surface area contributed by atoms with Gasteiger partial charge in [-0.15, -0.1) is 0 Å². The van der Waals surface area contributed by atoms with Gasteiger partial charge in [0.2, 0.25) is 11.8 Å². The van der Waals surface area contributed by atoms with Crippen LogP contribution in [0.3, 0.4) is 0 Å². The zero-order chi connectivity index (χ0) is 22.5. The minimum absolute atomic E-state index is 0.0216. The smallest absolute Gasteiger partial charge is 0.246 e. The van der Waals surface area contributed by atoms with Gasteiger partial charge in [0.15, 0.2) is 5.65 Å². The van der Waals surface area contributed by atoms with E-state index in [9.17, 15) is 9.59 Å². The molecule has 0 aliphatic carbocycles. The van der Waals surface area contributed by atoms with Crippen molar-refractivity contribution in [3.63, 3.8) is 0 Å². The zero-order valence-corrected chi connectivity index (χ0v) is 18.6. The number of amides is 2. The van der Waals surface area contributed by atoms with Gasteiger partial charge in [-0.3, -0.25) is 9.59 Å². The average Bonchev–Trinajstić information content (AvgIpc) is 3.18. The molecule has 0 saturated carbocycles. The molecule has 1 fully saturated rings. The molecule has 0 spiro atoms. The number of nitrogens with one attached hydrogen (secondary N) is 1. The van der Waals surface area contributed by atoms with Crippen LogP contribution in [0, 0.1) is 6.92 Å². The molecule has 3 heterocycles. The number of fused-ring (bicyclic) bond motifs is 1. The van der Waals surface area contributed by atoms with Gasteiger partial charge in [-0.2, -0.15) is 5.10 Å². The SMILES string of the molecule is COCC(=O)NCc1cnc2cc(C)nn2c1C1CCN(C(=O)Cc2ccccc2)CC1. The maximum Gasteiger partial charge on any atom is 0.246 e. The molecule has 1 aliphatic heterocycles. The molecule has 0 radical (unpaired) electrons. The molecule has 1 saturated heterocycles. The topological polar surface area (TPSA) is 88.8 Å². The molecular formula is C24H29N5O3. The summed E-state index contributed by atoms with van der Waals surface area (Å²) < 4.78 is 6.81. The molecule has 8 heteroatoms. The van der Waals surface area contributed by atoms with Crippen molar-refractivity contribution >= 4 is 17.5 Å². The lowest BCUT2D eigenvalue weighted by Gasteiger charge is -2.33. The number of aromatic nitrogens is 3. The predicted molar refractivity (Wildman–Crippen MR) is 120 cm³/mol. The summed E-state index contributed by atoms with van der Waals surface area (Å²) in [6.45, 7) is 3.75. The van der Waals surface area contributed by atoms with E-state index in [1.165, 1.54) is 7.11 Å². The second-order valence-electron chi connectivity index (χ2n) is 8.25. The highest BCUT2D eigenvalue weighted by atomic mass is 16.5. The third kappa shape index (κ3) is 4.96. The van der Waals surface area contributed by atoms with E-state index < -0.39 is 0 Å². The third-order valence-corrected chi connectivity index (χ3v) is 5.91. The predicted octanol–water partition coefficient (Wildman–Crippen LogP) is 2.25. The number of carbonyl (C=O) groups is 2. The fourth-order valence-corrected chi connectivity index (χ4v) is 4.33. The van der Waals surface area contributed by atoms with Crippen molar-refractivity contribution < 1.29 is 14.3 Å². The quantitative estimate of drug-likeness (QED) is 0.615. The van der Waals surface area contributed by atoms with Gasteiger partial charge in [0.1, 0.15) is 6.61 Å². The van der Waals surface area contributed by atoms with Crippen molar-refractivity contribution in [2.75, 3.05) is 26.8 Å². The van der Waals surface area contributed by atoms with E-state index in [0.29, 0.717) is 26.1 Å². The maximum atomic E-state index is 12.8. The lowest BCUT2D eigenvalue weighted by Crippen LogP contribution is -2.39. The number of methoxy groups -OCH3 is 1. The summed E-state index contributed by atoms with van der Waals surface area (Å²) in [5.74, 6) is 0.225. The van der Waals surface area contributed by atoms with Crippen molar-refractivity contribution in [2.24, 2.45) is 0 Å². The summed E-state index contributed by atoms with van der Waals surface area (Å²) in [6.07, 6.45) is 3.95. The van der Waals surface area contributed by atoms with E-state index >= 15 is 0 Å². The summed E-state index contributed by atoms with van der Waals surface area (Å²) in [6, 6.07) is 11.8. The van der Waals surface area contributed by atoms with E-state index in [4.69, 9.17) is 4.74 Å². The van der Waals surface area contributed by atoms with Gasteiger partial charge in [0.25, 0.3) is 0 Å². The van der Waals surface area contributed by atoms with Crippen LogP contribution < -0.4 is 5.32 Å². The van der Waals surface area contributed by atoms with Crippen LogP contribution in [0.4, 0.5) is 0 Å². The Kier molecular flexibility index (Phi) is 6.80. The summed E-state index contributed by atoms with van der Waals surface area (Å²) in [7, 11) is 1.50. The monoisotopic (exact) mass is 435 g/mol. The standard InChI is InChI=1S/C24H29N5O3/c1-17-12-21-25-14-20(15-26-22(30)16-32-2)24(29(21)27-17)19-8-10-28(11-9-19)23(31)13-18-6-4-3-5-7-18/h3-7,12,14,19H,8-11,13,15-16H2,1-2H3,(H,26,30). The van der Waals surface area contributed by atoms with Crippen LogP contribution >= 0.6 is 0 Å². The van der Waals surface area contributed by atoms with Crippen molar-refractivity contribution in [1.82, 2.24) is 24.8 Å². The number of ether oxygens (including phenoxy) is 1. The van der Waals surface area contributed by atoms with Gasteiger partial charge < -0.3 is 15.0 Å². The van der Waals surface area contributed by atoms with E-state index in [-0.39, 0.29) is 24.3 Å². The molecule has 168 valence electrons. The number of likely N-dealkylation sites (tertiary alicyclic amines) is 1. The van der Waals surface area contributed by atoms with Gasteiger partial charge in [0.05, 0.1) is 17.8 Å². The minimum Gasteiger partial charge on any atom is -0.375 e. The Morgan fingerprint density at radius 3 is 2.66 bits per heavy atom. The maximum absolute atomic E-state index is 12.8. The molecule has 2 aromatic heterocycles. The van der Waals surface area contributed by atoms with E-state index in [2.05, 4.69) is 15.4 Å². The first-order chi connectivity index (χ1) is 15.5. The van der Waals surface area contributed by atoms with E-state index in [0.717, 1.165) is 41.0 Å². The molecule has 1 N–H and O–H groups in total. The number of nitrogens with zero attached hydrogens (tertiary/aromatic N) is 4. The largest absolute Gasteiger partial charge is 0.375 e. The molecular weight excluding hydrogens is 406 g/mol. The molecule has 0 bridgehead atoms. The van der Waals surface area contributed by atoms with Crippen LogP contribution in [0.5, 0.6) is 0 Å². The summed E-state index contributed by atoms with van der Waals surface area (Å²) in [4.78, 5) is 31.2. The Hall–Kier alpha value is -3.26. The van der Waals surface area contributed by atoms with Crippen LogP contribution in [-0.4, -0.2) is 58.1 Å². The Balaban J connectivity index is 1.49. The van der Waals surface area contributed by atoms with Crippen LogP contribution in [0.25, 0.3) is 5.65 Å². The summed E-state index contributed by atoms with van der Waals surface area (Å²) in [5.41, 5.74) is 4.74. The molecule has 1 aliphatic rings. The number of carbonyl (C=O) groups excluding carboxylic acids is 2. The van der Waals surface area contributed by atoms with E-state index in [1.807, 2.05) is 58.9 Å². The van der Waals surface area contributed by atoms with Crippen molar-refractivity contribution in [1.29, 1.82) is 0 Å². The molecule has 4 rings (SSSR count). The first kappa shape index (κ1) is 22.0. The second-order valence-corrected chi connectivity index (χ2v) is 8.25. The summed E-state index contributed by atoms with van der Waals surface area (Å²) >= 11 is 0. The molecule has 8 nitrogen and oxygen atoms in total. The number of hydrogen-bond acceptors (Lipinski definition) is 5. The molecule has 2 amide bonds. The number of hydrogen-bond donors (Lipinski definition) is 1. The zero-order valence-electron chi connectivity index (χ0n) is 18.6. The minimum atomic E-state index is -0.170. The van der Waals surface area contributed by atoms with Gasteiger partial charge in [0, 0.05) is 50.5 Å². The van der Waals surface area contributed by atoms with E-state index in [1.54, 1.807) is 0 Å². The van der Waals surface area contributed by atoms with Crippen LogP contribution in [0.15, 0.2) is 42.6 Å². The highest BCUT2D eigenvalue weighted by molar-refractivity contribution is 5.79. The number of piperidine rings is 1. The lowest BCUT2D eigenvalue weighted by atomic mass is 9.90. The van der Waals surface area contributed by atoms with Gasteiger partial charge in [-0.1, -0.05) is 30.3 Å². The Morgan fingerprint density at radius 1 is 1.19 bits per heavy atom. The van der Waals surface area contributed by atoms with Crippen LogP contribution in [0.1, 0.15) is 41.3 Å². The number of benzene rings is 1. The molecule has 0 atom stereocenters. The molecule has 32 heavy (non-hydrogen) atoms. The van der Waals surface area contributed by atoms with Gasteiger partial charge in [-0.05, 0) is 25.3 Å². The molecule has 1 aromatic carbocycles. The first-order valence-corrected chi connectivity index (χ1v) is 11.0. The first-order valence-electron chi connectivity index (χ1n) is 11.0.